The van der Waals surface area contributed by atoms with Crippen molar-refractivity contribution >= 4 is 17.7 Å². The van der Waals surface area contributed by atoms with Crippen LogP contribution in [0.1, 0.15) is 31.4 Å². The van der Waals surface area contributed by atoms with Crippen LogP contribution < -0.4 is 5.32 Å². The molecule has 2 N–H and O–H groups in total. The fourth-order valence-electron chi connectivity index (χ4n) is 3.20. The summed E-state index contributed by atoms with van der Waals surface area (Å²) in [5.41, 5.74) is 1.95. The predicted molar refractivity (Wildman–Crippen MR) is 91.4 cm³/mol. The van der Waals surface area contributed by atoms with Crippen LogP contribution in [0.4, 0.5) is 0 Å². The van der Waals surface area contributed by atoms with Crippen molar-refractivity contribution in [2.45, 2.75) is 37.6 Å². The molecule has 1 aromatic heterocycles. The van der Waals surface area contributed by atoms with Crippen LogP contribution >= 0.6 is 11.8 Å². The third-order valence-electron chi connectivity index (χ3n) is 4.70. The van der Waals surface area contributed by atoms with Crippen LogP contribution in [0.15, 0.2) is 35.5 Å². The number of rotatable bonds is 6. The largest absolute Gasteiger partial charge is 0.354 e. The van der Waals surface area contributed by atoms with Gasteiger partial charge in [0, 0.05) is 12.3 Å². The van der Waals surface area contributed by atoms with Gasteiger partial charge in [-0.2, -0.15) is 10.3 Å². The molecule has 1 saturated carbocycles. The van der Waals surface area contributed by atoms with E-state index in [1.807, 2.05) is 0 Å². The highest BCUT2D eigenvalue weighted by atomic mass is 32.2. The lowest BCUT2D eigenvalue weighted by Gasteiger charge is -2.21. The van der Waals surface area contributed by atoms with E-state index in [0.29, 0.717) is 6.54 Å². The standard InChI is InChI=1S/C17H22N4OS/c1-12-4-6-13(7-5-12)17(11-16(17,2)3)15(22)18-8-9-23-14-10-19-21-20-14/h4-7,10H,8-9,11H2,1-3H3,(H,18,22)(H,19,20,21). The number of aryl methyl sites for hydroxylation is 1. The number of carbonyl (C=O) groups is 1. The molecule has 3 rings (SSSR count). The van der Waals surface area contributed by atoms with Gasteiger partial charge in [0.1, 0.15) is 5.03 Å². The number of H-pyrrole nitrogens is 1. The average Bonchev–Trinajstić information content (AvgIpc) is 2.88. The Balaban J connectivity index is 1.62. The van der Waals surface area contributed by atoms with Gasteiger partial charge in [0.25, 0.3) is 0 Å². The highest BCUT2D eigenvalue weighted by Gasteiger charge is 2.66. The maximum Gasteiger partial charge on any atom is 0.231 e. The lowest BCUT2D eigenvalue weighted by Crippen LogP contribution is -2.38. The third-order valence-corrected chi connectivity index (χ3v) is 5.60. The molecule has 122 valence electrons. The van der Waals surface area contributed by atoms with Crippen LogP contribution in [0.3, 0.4) is 0 Å². The summed E-state index contributed by atoms with van der Waals surface area (Å²) in [4.78, 5) is 12.8. The van der Waals surface area contributed by atoms with E-state index in [1.54, 1.807) is 18.0 Å². The van der Waals surface area contributed by atoms with Gasteiger partial charge >= 0.3 is 0 Å². The summed E-state index contributed by atoms with van der Waals surface area (Å²) in [6.45, 7) is 7.02. The van der Waals surface area contributed by atoms with Crippen LogP contribution in [0.2, 0.25) is 0 Å². The second-order valence-corrected chi connectivity index (χ2v) is 7.86. The quantitative estimate of drug-likeness (QED) is 0.631. The van der Waals surface area contributed by atoms with E-state index in [2.05, 4.69) is 65.8 Å². The van der Waals surface area contributed by atoms with Crippen molar-refractivity contribution in [2.75, 3.05) is 12.3 Å². The average molecular weight is 330 g/mol. The number of thioether (sulfide) groups is 1. The van der Waals surface area contributed by atoms with Crippen LogP contribution in [0.5, 0.6) is 0 Å². The van der Waals surface area contributed by atoms with Crippen LogP contribution in [0.25, 0.3) is 0 Å². The molecule has 0 radical (unpaired) electrons. The lowest BCUT2D eigenvalue weighted by atomic mass is 9.86. The van der Waals surface area contributed by atoms with E-state index in [1.165, 1.54) is 5.56 Å². The van der Waals surface area contributed by atoms with Gasteiger partial charge < -0.3 is 5.32 Å². The van der Waals surface area contributed by atoms with E-state index in [9.17, 15) is 4.79 Å². The second-order valence-electron chi connectivity index (χ2n) is 6.74. The molecule has 1 atom stereocenters. The first kappa shape index (κ1) is 16.1. The molecule has 1 unspecified atom stereocenters. The summed E-state index contributed by atoms with van der Waals surface area (Å²) in [7, 11) is 0. The summed E-state index contributed by atoms with van der Waals surface area (Å²) >= 11 is 1.58. The zero-order chi connectivity index (χ0) is 16.5. The molecule has 0 bridgehead atoms. The topological polar surface area (TPSA) is 70.7 Å². The van der Waals surface area contributed by atoms with Crippen molar-refractivity contribution in [3.05, 3.63) is 41.6 Å². The van der Waals surface area contributed by atoms with Gasteiger partial charge in [-0.25, -0.2) is 0 Å². The Kier molecular flexibility index (Phi) is 4.19. The number of aromatic amines is 1. The number of aromatic nitrogens is 3. The first-order valence-electron chi connectivity index (χ1n) is 7.80. The maximum atomic E-state index is 12.8. The predicted octanol–water partition coefficient (Wildman–Crippen LogP) is 2.69. The number of hydrogen-bond donors (Lipinski definition) is 2. The molecule has 1 heterocycles. The molecule has 1 aromatic carbocycles. The molecule has 0 spiro atoms. The zero-order valence-corrected chi connectivity index (χ0v) is 14.5. The van der Waals surface area contributed by atoms with Gasteiger partial charge in [-0.15, -0.1) is 16.9 Å². The zero-order valence-electron chi connectivity index (χ0n) is 13.7. The molecule has 23 heavy (non-hydrogen) atoms. The van der Waals surface area contributed by atoms with Crippen LogP contribution in [-0.4, -0.2) is 33.6 Å². The van der Waals surface area contributed by atoms with Crippen molar-refractivity contribution in [3.63, 3.8) is 0 Å². The SMILES string of the molecule is Cc1ccc(C2(C(=O)NCCSc3cn[nH]n3)CC2(C)C)cc1. The van der Waals surface area contributed by atoms with Gasteiger partial charge in [-0.1, -0.05) is 43.7 Å². The Bertz CT molecular complexity index is 681. The molecule has 1 amide bonds. The van der Waals surface area contributed by atoms with E-state index in [0.717, 1.165) is 22.8 Å². The number of carbonyl (C=O) groups excluding carboxylic acids is 1. The summed E-state index contributed by atoms with van der Waals surface area (Å²) in [5.74, 6) is 0.912. The van der Waals surface area contributed by atoms with Crippen molar-refractivity contribution in [1.82, 2.24) is 20.7 Å². The van der Waals surface area contributed by atoms with E-state index >= 15 is 0 Å². The Labute approximate surface area is 140 Å². The summed E-state index contributed by atoms with van der Waals surface area (Å²) in [6, 6.07) is 8.35. The number of nitrogens with one attached hydrogen (secondary N) is 2. The van der Waals surface area contributed by atoms with E-state index in [4.69, 9.17) is 0 Å². The Morgan fingerprint density at radius 2 is 2.04 bits per heavy atom. The minimum Gasteiger partial charge on any atom is -0.354 e. The minimum atomic E-state index is -0.390. The van der Waals surface area contributed by atoms with E-state index in [-0.39, 0.29) is 16.7 Å². The van der Waals surface area contributed by atoms with Crippen LogP contribution in [-0.2, 0) is 10.2 Å². The van der Waals surface area contributed by atoms with Crippen molar-refractivity contribution < 1.29 is 4.79 Å². The molecule has 2 aromatic rings. The molecule has 0 saturated heterocycles. The summed E-state index contributed by atoms with van der Waals surface area (Å²) in [6.07, 6.45) is 2.58. The molecule has 5 nitrogen and oxygen atoms in total. The first-order valence-corrected chi connectivity index (χ1v) is 8.78. The lowest BCUT2D eigenvalue weighted by molar-refractivity contribution is -0.124. The summed E-state index contributed by atoms with van der Waals surface area (Å²) in [5, 5.41) is 14.3. The fourth-order valence-corrected chi connectivity index (χ4v) is 3.85. The van der Waals surface area contributed by atoms with Gasteiger partial charge in [-0.3, -0.25) is 4.79 Å². The smallest absolute Gasteiger partial charge is 0.231 e. The van der Waals surface area contributed by atoms with E-state index < -0.39 is 0 Å². The molecule has 0 aliphatic heterocycles. The number of nitrogens with zero attached hydrogens (tertiary/aromatic N) is 2. The fraction of sp³-hybridized carbons (Fsp3) is 0.471. The monoisotopic (exact) mass is 330 g/mol. The summed E-state index contributed by atoms with van der Waals surface area (Å²) < 4.78 is 0. The second kappa shape index (κ2) is 6.00. The highest BCUT2D eigenvalue weighted by Crippen LogP contribution is 2.64. The molecule has 1 aliphatic carbocycles. The number of hydrogen-bond acceptors (Lipinski definition) is 4. The van der Waals surface area contributed by atoms with Gasteiger partial charge in [0.15, 0.2) is 0 Å². The van der Waals surface area contributed by atoms with Crippen molar-refractivity contribution in [1.29, 1.82) is 0 Å². The molecule has 6 heteroatoms. The van der Waals surface area contributed by atoms with Crippen LogP contribution in [0, 0.1) is 12.3 Å². The Hall–Kier alpha value is -1.82. The van der Waals surface area contributed by atoms with Crippen molar-refractivity contribution in [3.8, 4) is 0 Å². The molecule has 1 aliphatic rings. The molecule has 1 fully saturated rings. The minimum absolute atomic E-state index is 0.00555. The van der Waals surface area contributed by atoms with Gasteiger partial charge in [0.2, 0.25) is 5.91 Å². The molecular formula is C17H22N4OS. The normalized spacial score (nSPS) is 21.9. The Morgan fingerprint density at radius 1 is 1.35 bits per heavy atom. The third kappa shape index (κ3) is 3.00. The maximum absolute atomic E-state index is 12.8. The highest BCUT2D eigenvalue weighted by molar-refractivity contribution is 7.99. The number of benzene rings is 1. The Morgan fingerprint density at radius 3 is 2.61 bits per heavy atom. The number of amides is 1. The van der Waals surface area contributed by atoms with Crippen molar-refractivity contribution in [2.24, 2.45) is 5.41 Å². The first-order chi connectivity index (χ1) is 11.0. The molecular weight excluding hydrogens is 308 g/mol. The van der Waals surface area contributed by atoms with Gasteiger partial charge in [-0.05, 0) is 24.3 Å². The van der Waals surface area contributed by atoms with Gasteiger partial charge in [0.05, 0.1) is 11.6 Å².